The van der Waals surface area contributed by atoms with E-state index in [4.69, 9.17) is 9.47 Å². The Morgan fingerprint density at radius 3 is 2.75 bits per heavy atom. The zero-order valence-electron chi connectivity index (χ0n) is 14.3. The van der Waals surface area contributed by atoms with Crippen LogP contribution in [0.1, 0.15) is 40.6 Å². The number of hydrogen-bond acceptors (Lipinski definition) is 4. The van der Waals surface area contributed by atoms with E-state index in [-0.39, 0.29) is 11.9 Å². The Labute approximate surface area is 142 Å². The van der Waals surface area contributed by atoms with Crippen LogP contribution in [-0.4, -0.2) is 36.6 Å². The molecule has 2 aromatic rings. The van der Waals surface area contributed by atoms with Gasteiger partial charge in [-0.2, -0.15) is 0 Å². The first-order valence-electron chi connectivity index (χ1n) is 8.10. The van der Waals surface area contributed by atoms with E-state index in [2.05, 4.69) is 4.98 Å². The Bertz CT molecular complexity index is 745. The SMILES string of the molecule is COc1ccc(OC)c(C2CCCN2C(=O)c2cccc(C)n2)c1. The van der Waals surface area contributed by atoms with E-state index in [1.807, 2.05) is 42.2 Å². The molecule has 1 aromatic heterocycles. The Morgan fingerprint density at radius 1 is 1.21 bits per heavy atom. The predicted octanol–water partition coefficient (Wildman–Crippen LogP) is 3.38. The molecule has 1 aliphatic rings. The molecule has 0 bridgehead atoms. The van der Waals surface area contributed by atoms with Crippen molar-refractivity contribution in [1.29, 1.82) is 0 Å². The van der Waals surface area contributed by atoms with Crippen molar-refractivity contribution >= 4 is 5.91 Å². The normalized spacial score (nSPS) is 17.0. The molecular weight excluding hydrogens is 304 g/mol. The maximum Gasteiger partial charge on any atom is 0.272 e. The van der Waals surface area contributed by atoms with Crippen LogP contribution in [0, 0.1) is 6.92 Å². The number of carbonyl (C=O) groups is 1. The van der Waals surface area contributed by atoms with Crippen molar-refractivity contribution in [3.05, 3.63) is 53.3 Å². The maximum atomic E-state index is 12.9. The average Bonchev–Trinajstić information content (AvgIpc) is 3.10. The number of carbonyl (C=O) groups excluding carboxylic acids is 1. The number of pyridine rings is 1. The molecule has 0 aliphatic carbocycles. The van der Waals surface area contributed by atoms with E-state index in [9.17, 15) is 4.79 Å². The van der Waals surface area contributed by atoms with Crippen molar-refractivity contribution in [2.45, 2.75) is 25.8 Å². The molecular formula is C19H22N2O3. The Morgan fingerprint density at radius 2 is 2.04 bits per heavy atom. The van der Waals surface area contributed by atoms with Crippen LogP contribution < -0.4 is 9.47 Å². The number of amides is 1. The molecule has 3 rings (SSSR count). The summed E-state index contributed by atoms with van der Waals surface area (Å²) >= 11 is 0. The molecule has 126 valence electrons. The average molecular weight is 326 g/mol. The number of aromatic nitrogens is 1. The predicted molar refractivity (Wildman–Crippen MR) is 91.5 cm³/mol. The first kappa shape index (κ1) is 16.3. The van der Waals surface area contributed by atoms with Gasteiger partial charge >= 0.3 is 0 Å². The molecule has 24 heavy (non-hydrogen) atoms. The van der Waals surface area contributed by atoms with E-state index < -0.39 is 0 Å². The van der Waals surface area contributed by atoms with Gasteiger partial charge in [-0.05, 0) is 50.1 Å². The maximum absolute atomic E-state index is 12.9. The van der Waals surface area contributed by atoms with Crippen molar-refractivity contribution in [1.82, 2.24) is 9.88 Å². The number of rotatable bonds is 4. The van der Waals surface area contributed by atoms with E-state index >= 15 is 0 Å². The second-order valence-electron chi connectivity index (χ2n) is 5.93. The van der Waals surface area contributed by atoms with Crippen LogP contribution in [-0.2, 0) is 0 Å². The third-order valence-corrected chi connectivity index (χ3v) is 4.42. The van der Waals surface area contributed by atoms with Crippen molar-refractivity contribution in [3.63, 3.8) is 0 Å². The fourth-order valence-electron chi connectivity index (χ4n) is 3.24. The number of ether oxygens (including phenoxy) is 2. The molecule has 1 atom stereocenters. The lowest BCUT2D eigenvalue weighted by Crippen LogP contribution is -2.31. The van der Waals surface area contributed by atoms with Crippen molar-refractivity contribution in [2.75, 3.05) is 20.8 Å². The van der Waals surface area contributed by atoms with Crippen LogP contribution in [0.5, 0.6) is 11.5 Å². The van der Waals surface area contributed by atoms with Gasteiger partial charge in [0.05, 0.1) is 20.3 Å². The smallest absolute Gasteiger partial charge is 0.272 e. The fraction of sp³-hybridized carbons (Fsp3) is 0.368. The van der Waals surface area contributed by atoms with Gasteiger partial charge in [0.15, 0.2) is 0 Å². The Balaban J connectivity index is 1.95. The monoisotopic (exact) mass is 326 g/mol. The number of hydrogen-bond donors (Lipinski definition) is 0. The lowest BCUT2D eigenvalue weighted by atomic mass is 10.0. The minimum absolute atomic E-state index is 0.0233. The molecule has 1 amide bonds. The summed E-state index contributed by atoms with van der Waals surface area (Å²) in [5.74, 6) is 1.50. The van der Waals surface area contributed by atoms with Crippen LogP contribution in [0.3, 0.4) is 0 Å². The zero-order chi connectivity index (χ0) is 17.1. The molecule has 0 saturated carbocycles. The fourth-order valence-corrected chi connectivity index (χ4v) is 3.24. The molecule has 1 aliphatic heterocycles. The summed E-state index contributed by atoms with van der Waals surface area (Å²) in [6.45, 7) is 2.61. The lowest BCUT2D eigenvalue weighted by molar-refractivity contribution is 0.0727. The van der Waals surface area contributed by atoms with Gasteiger partial charge in [-0.15, -0.1) is 0 Å². The zero-order valence-corrected chi connectivity index (χ0v) is 14.3. The first-order valence-corrected chi connectivity index (χ1v) is 8.10. The number of benzene rings is 1. The first-order chi connectivity index (χ1) is 11.6. The molecule has 1 fully saturated rings. The molecule has 1 unspecified atom stereocenters. The topological polar surface area (TPSA) is 51.7 Å². The molecule has 0 spiro atoms. The summed E-state index contributed by atoms with van der Waals surface area (Å²) in [7, 11) is 3.29. The highest BCUT2D eigenvalue weighted by atomic mass is 16.5. The summed E-state index contributed by atoms with van der Waals surface area (Å²) in [6, 6.07) is 11.2. The van der Waals surface area contributed by atoms with Crippen LogP contribution in [0.25, 0.3) is 0 Å². The Kier molecular flexibility index (Phi) is 4.69. The molecule has 5 nitrogen and oxygen atoms in total. The lowest BCUT2D eigenvalue weighted by Gasteiger charge is -2.26. The van der Waals surface area contributed by atoms with E-state index in [0.29, 0.717) is 5.69 Å². The van der Waals surface area contributed by atoms with Crippen molar-refractivity contribution in [3.8, 4) is 11.5 Å². The van der Waals surface area contributed by atoms with Crippen LogP contribution in [0.4, 0.5) is 0 Å². The van der Waals surface area contributed by atoms with Crippen LogP contribution in [0.2, 0.25) is 0 Å². The van der Waals surface area contributed by atoms with Gasteiger partial charge in [0, 0.05) is 17.8 Å². The minimum Gasteiger partial charge on any atom is -0.497 e. The second-order valence-corrected chi connectivity index (χ2v) is 5.93. The van der Waals surface area contributed by atoms with E-state index in [1.165, 1.54) is 0 Å². The number of methoxy groups -OCH3 is 2. The van der Waals surface area contributed by atoms with E-state index in [1.54, 1.807) is 20.3 Å². The summed E-state index contributed by atoms with van der Waals surface area (Å²) in [5, 5.41) is 0. The molecule has 1 aromatic carbocycles. The Hall–Kier alpha value is -2.56. The molecule has 5 heteroatoms. The third kappa shape index (κ3) is 3.07. The van der Waals surface area contributed by atoms with Gasteiger partial charge < -0.3 is 14.4 Å². The van der Waals surface area contributed by atoms with Gasteiger partial charge in [0.25, 0.3) is 5.91 Å². The summed E-state index contributed by atoms with van der Waals surface area (Å²) in [6.07, 6.45) is 1.86. The quantitative estimate of drug-likeness (QED) is 0.864. The van der Waals surface area contributed by atoms with Gasteiger partial charge in [-0.25, -0.2) is 4.98 Å². The number of likely N-dealkylation sites (tertiary alicyclic amines) is 1. The van der Waals surface area contributed by atoms with Crippen molar-refractivity contribution < 1.29 is 14.3 Å². The third-order valence-electron chi connectivity index (χ3n) is 4.42. The van der Waals surface area contributed by atoms with E-state index in [0.717, 1.165) is 42.1 Å². The summed E-state index contributed by atoms with van der Waals surface area (Å²) in [4.78, 5) is 19.2. The second kappa shape index (κ2) is 6.91. The summed E-state index contributed by atoms with van der Waals surface area (Å²) < 4.78 is 10.8. The van der Waals surface area contributed by atoms with Gasteiger partial charge in [0.2, 0.25) is 0 Å². The van der Waals surface area contributed by atoms with Crippen LogP contribution >= 0.6 is 0 Å². The van der Waals surface area contributed by atoms with Gasteiger partial charge in [0.1, 0.15) is 17.2 Å². The standard InChI is InChI=1S/C19H22N2O3/c1-13-6-4-7-16(20-13)19(22)21-11-5-8-17(21)15-12-14(23-2)9-10-18(15)24-3/h4,6-7,9-10,12,17H,5,8,11H2,1-3H3. The largest absolute Gasteiger partial charge is 0.497 e. The van der Waals surface area contributed by atoms with Crippen LogP contribution in [0.15, 0.2) is 36.4 Å². The highest BCUT2D eigenvalue weighted by Gasteiger charge is 2.33. The number of aryl methyl sites for hydroxylation is 1. The van der Waals surface area contributed by atoms with Gasteiger partial charge in [-0.1, -0.05) is 6.07 Å². The summed E-state index contributed by atoms with van der Waals surface area (Å²) in [5.41, 5.74) is 2.31. The molecule has 0 N–H and O–H groups in total. The molecule has 1 saturated heterocycles. The highest BCUT2D eigenvalue weighted by Crippen LogP contribution is 2.39. The number of nitrogens with zero attached hydrogens (tertiary/aromatic N) is 2. The minimum atomic E-state index is -0.0360. The molecule has 0 radical (unpaired) electrons. The molecule has 2 heterocycles. The highest BCUT2D eigenvalue weighted by molar-refractivity contribution is 5.92. The van der Waals surface area contributed by atoms with Gasteiger partial charge in [-0.3, -0.25) is 4.79 Å². The van der Waals surface area contributed by atoms with Crippen molar-refractivity contribution in [2.24, 2.45) is 0 Å².